The topological polar surface area (TPSA) is 49.9 Å². The van der Waals surface area contributed by atoms with Gasteiger partial charge in [0.1, 0.15) is 6.73 Å². The molecule has 2 aromatic carbocycles. The quantitative estimate of drug-likeness (QED) is 0.300. The van der Waals surface area contributed by atoms with E-state index in [9.17, 15) is 9.59 Å². The Kier molecular flexibility index (Phi) is 6.81. The summed E-state index contributed by atoms with van der Waals surface area (Å²) in [5, 5.41) is 0.648. The number of carbonyl (C=O) groups is 2. The Labute approximate surface area is 220 Å². The number of aryl methyl sites for hydroxylation is 1. The van der Waals surface area contributed by atoms with Gasteiger partial charge in [0.15, 0.2) is 5.54 Å². The molecule has 2 amide bonds. The van der Waals surface area contributed by atoms with Crippen molar-refractivity contribution in [3.8, 4) is 0 Å². The monoisotopic (exact) mass is 524 g/mol. The van der Waals surface area contributed by atoms with Crippen LogP contribution in [-0.2, 0) is 19.9 Å². The number of anilines is 1. The standard InChI is InChI=1S/C29H37ClN2O3Si/c1-20-8-11-25-26(16-20)31(19-35-14-15-36(2,3)4)28(34)29(25)24(22-6-5-7-23(30)17-22)12-13-27(33)32(29)18-21-9-10-21/h5-8,11,16-17,21,24H,9-10,12-15,18-19H2,1-4H3/t24?,29-/m1/s1. The number of likely N-dealkylation sites (tertiary alicyclic amines) is 1. The zero-order valence-electron chi connectivity index (χ0n) is 21.9. The minimum absolute atomic E-state index is 0.0465. The van der Waals surface area contributed by atoms with Crippen molar-refractivity contribution in [3.63, 3.8) is 0 Å². The fourth-order valence-electron chi connectivity index (χ4n) is 5.81. The Morgan fingerprint density at radius 3 is 2.56 bits per heavy atom. The highest BCUT2D eigenvalue weighted by Crippen LogP contribution is 2.56. The molecule has 0 aromatic heterocycles. The summed E-state index contributed by atoms with van der Waals surface area (Å²) in [6.07, 6.45) is 3.27. The van der Waals surface area contributed by atoms with Crippen molar-refractivity contribution in [2.45, 2.75) is 69.7 Å². The smallest absolute Gasteiger partial charge is 0.260 e. The molecule has 1 aliphatic carbocycles. The number of ether oxygens (including phenoxy) is 1. The predicted molar refractivity (Wildman–Crippen MR) is 147 cm³/mol. The zero-order valence-corrected chi connectivity index (χ0v) is 23.6. The summed E-state index contributed by atoms with van der Waals surface area (Å²) in [5.41, 5.74) is 2.81. The van der Waals surface area contributed by atoms with Crippen LogP contribution in [0.15, 0.2) is 42.5 Å². The van der Waals surface area contributed by atoms with E-state index in [2.05, 4.69) is 43.9 Å². The maximum Gasteiger partial charge on any atom is 0.260 e. The molecule has 36 heavy (non-hydrogen) atoms. The minimum Gasteiger partial charge on any atom is -0.361 e. The van der Waals surface area contributed by atoms with Crippen LogP contribution >= 0.6 is 11.6 Å². The molecule has 2 aromatic rings. The summed E-state index contributed by atoms with van der Waals surface area (Å²) in [7, 11) is -1.26. The summed E-state index contributed by atoms with van der Waals surface area (Å²) in [5.74, 6) is 0.317. The maximum absolute atomic E-state index is 14.7. The van der Waals surface area contributed by atoms with E-state index >= 15 is 0 Å². The normalized spacial score (nSPS) is 24.1. The number of piperidine rings is 1. The van der Waals surface area contributed by atoms with Crippen LogP contribution < -0.4 is 4.90 Å². The van der Waals surface area contributed by atoms with E-state index in [0.29, 0.717) is 36.9 Å². The van der Waals surface area contributed by atoms with E-state index in [1.165, 1.54) is 0 Å². The van der Waals surface area contributed by atoms with E-state index in [4.69, 9.17) is 16.3 Å². The van der Waals surface area contributed by atoms with Gasteiger partial charge < -0.3 is 9.64 Å². The molecule has 0 N–H and O–H groups in total. The number of hydrogen-bond donors (Lipinski definition) is 0. The van der Waals surface area contributed by atoms with Gasteiger partial charge in [0.2, 0.25) is 5.91 Å². The highest BCUT2D eigenvalue weighted by molar-refractivity contribution is 6.76. The van der Waals surface area contributed by atoms with Crippen molar-refractivity contribution in [3.05, 3.63) is 64.2 Å². The van der Waals surface area contributed by atoms with Gasteiger partial charge in [0, 0.05) is 44.2 Å². The lowest BCUT2D eigenvalue weighted by Gasteiger charge is -2.49. The first-order valence-corrected chi connectivity index (χ1v) is 17.3. The highest BCUT2D eigenvalue weighted by Gasteiger charge is 2.63. The average molecular weight is 525 g/mol. The lowest BCUT2D eigenvalue weighted by Crippen LogP contribution is -2.61. The fourth-order valence-corrected chi connectivity index (χ4v) is 6.77. The van der Waals surface area contributed by atoms with Gasteiger partial charge in [-0.25, -0.2) is 0 Å². The second kappa shape index (κ2) is 9.62. The molecular weight excluding hydrogens is 488 g/mol. The van der Waals surface area contributed by atoms with Crippen molar-refractivity contribution in [1.82, 2.24) is 4.90 Å². The summed E-state index contributed by atoms with van der Waals surface area (Å²) in [6.45, 7) is 10.5. The fraction of sp³-hybridized carbons (Fsp3) is 0.517. The van der Waals surface area contributed by atoms with Gasteiger partial charge >= 0.3 is 0 Å². The van der Waals surface area contributed by atoms with Crippen LogP contribution in [0.1, 0.15) is 48.3 Å². The summed E-state index contributed by atoms with van der Waals surface area (Å²) >= 11 is 6.43. The summed E-state index contributed by atoms with van der Waals surface area (Å²) < 4.78 is 6.13. The van der Waals surface area contributed by atoms with Crippen molar-refractivity contribution >= 4 is 37.2 Å². The average Bonchev–Trinajstić information content (AvgIpc) is 3.60. The van der Waals surface area contributed by atoms with Gasteiger partial charge in [0.25, 0.3) is 5.91 Å². The number of amides is 2. The molecule has 3 aliphatic rings. The Hall–Kier alpha value is -2.15. The lowest BCUT2D eigenvalue weighted by atomic mass is 9.69. The molecule has 0 radical (unpaired) electrons. The molecule has 1 saturated carbocycles. The molecule has 1 saturated heterocycles. The van der Waals surface area contributed by atoms with Crippen molar-refractivity contribution in [2.75, 3.05) is 24.8 Å². The highest BCUT2D eigenvalue weighted by atomic mass is 35.5. The SMILES string of the molecule is Cc1ccc2c(c1)N(COCC[Si](C)(C)C)C(=O)[C@@]21C(c2cccc(Cl)c2)CCC(=O)N1CC1CC1. The lowest BCUT2D eigenvalue weighted by molar-refractivity contribution is -0.154. The van der Waals surface area contributed by atoms with Crippen LogP contribution in [0.2, 0.25) is 30.7 Å². The number of hydrogen-bond acceptors (Lipinski definition) is 3. The van der Waals surface area contributed by atoms with E-state index in [0.717, 1.165) is 41.3 Å². The third kappa shape index (κ3) is 4.64. The van der Waals surface area contributed by atoms with Crippen LogP contribution in [0.3, 0.4) is 0 Å². The molecule has 2 fully saturated rings. The van der Waals surface area contributed by atoms with E-state index in [1.807, 2.05) is 30.0 Å². The molecule has 192 valence electrons. The van der Waals surface area contributed by atoms with Crippen LogP contribution in [0.25, 0.3) is 0 Å². The predicted octanol–water partition coefficient (Wildman–Crippen LogP) is 6.32. The van der Waals surface area contributed by atoms with Crippen molar-refractivity contribution < 1.29 is 14.3 Å². The Balaban J connectivity index is 1.61. The molecule has 5 rings (SSSR count). The number of nitrogens with zero attached hydrogens (tertiary/aromatic N) is 2. The summed E-state index contributed by atoms with van der Waals surface area (Å²) in [4.78, 5) is 32.0. The molecule has 2 atom stereocenters. The van der Waals surface area contributed by atoms with E-state index < -0.39 is 13.6 Å². The van der Waals surface area contributed by atoms with E-state index in [-0.39, 0.29) is 24.5 Å². The largest absolute Gasteiger partial charge is 0.361 e. The summed E-state index contributed by atoms with van der Waals surface area (Å²) in [6, 6.07) is 15.1. The van der Waals surface area contributed by atoms with Gasteiger partial charge in [-0.05, 0) is 67.5 Å². The Morgan fingerprint density at radius 2 is 1.86 bits per heavy atom. The second-order valence-corrected chi connectivity index (χ2v) is 18.0. The first-order chi connectivity index (χ1) is 17.1. The molecule has 0 bridgehead atoms. The Bertz CT molecular complexity index is 1180. The number of fused-ring (bicyclic) bond motifs is 2. The van der Waals surface area contributed by atoms with Crippen LogP contribution in [0, 0.1) is 12.8 Å². The molecular formula is C29H37ClN2O3Si. The minimum atomic E-state index is -1.26. The number of benzene rings is 2. The van der Waals surface area contributed by atoms with Crippen LogP contribution in [0.4, 0.5) is 5.69 Å². The van der Waals surface area contributed by atoms with Gasteiger partial charge in [-0.1, -0.05) is 55.5 Å². The molecule has 1 unspecified atom stereocenters. The maximum atomic E-state index is 14.7. The molecule has 2 aliphatic heterocycles. The first-order valence-electron chi connectivity index (χ1n) is 13.2. The van der Waals surface area contributed by atoms with Gasteiger partial charge in [0.05, 0.1) is 5.69 Å². The van der Waals surface area contributed by atoms with Crippen LogP contribution in [-0.4, -0.2) is 44.7 Å². The molecule has 2 heterocycles. The number of rotatable bonds is 8. The van der Waals surface area contributed by atoms with Crippen molar-refractivity contribution in [1.29, 1.82) is 0 Å². The number of carbonyl (C=O) groups excluding carboxylic acids is 2. The first kappa shape index (κ1) is 25.5. The molecule has 7 heteroatoms. The second-order valence-electron chi connectivity index (χ2n) is 12.0. The number of halogens is 1. The van der Waals surface area contributed by atoms with Gasteiger partial charge in [-0.15, -0.1) is 0 Å². The Morgan fingerprint density at radius 1 is 1.08 bits per heavy atom. The van der Waals surface area contributed by atoms with Gasteiger partial charge in [-0.2, -0.15) is 0 Å². The molecule has 1 spiro atoms. The molecule has 5 nitrogen and oxygen atoms in total. The van der Waals surface area contributed by atoms with Crippen LogP contribution in [0.5, 0.6) is 0 Å². The third-order valence-electron chi connectivity index (χ3n) is 7.91. The van der Waals surface area contributed by atoms with Gasteiger partial charge in [-0.3, -0.25) is 14.5 Å². The zero-order chi connectivity index (χ0) is 25.7. The van der Waals surface area contributed by atoms with E-state index in [1.54, 1.807) is 4.90 Å². The van der Waals surface area contributed by atoms with Crippen molar-refractivity contribution in [2.24, 2.45) is 5.92 Å². The third-order valence-corrected chi connectivity index (χ3v) is 9.85.